The molecule has 0 saturated heterocycles. The molecular formula is C15H30N2O. The molecule has 106 valence electrons. The van der Waals surface area contributed by atoms with Crippen LogP contribution in [0.1, 0.15) is 47.5 Å². The van der Waals surface area contributed by atoms with Crippen LogP contribution in [0.25, 0.3) is 0 Å². The van der Waals surface area contributed by atoms with Gasteiger partial charge in [-0.05, 0) is 38.3 Å². The predicted octanol–water partition coefficient (Wildman–Crippen LogP) is 2.83. The molecule has 0 saturated carbocycles. The van der Waals surface area contributed by atoms with Crippen molar-refractivity contribution in [2.45, 2.75) is 47.5 Å². The van der Waals surface area contributed by atoms with Crippen LogP contribution in [0, 0.1) is 5.41 Å². The highest BCUT2D eigenvalue weighted by Gasteiger charge is 2.20. The highest BCUT2D eigenvalue weighted by atomic mass is 16.1. The van der Waals surface area contributed by atoms with Gasteiger partial charge >= 0.3 is 0 Å². The third-order valence-corrected chi connectivity index (χ3v) is 3.25. The lowest BCUT2D eigenvalue weighted by atomic mass is 9.87. The van der Waals surface area contributed by atoms with Crippen LogP contribution in [-0.4, -0.2) is 37.0 Å². The predicted molar refractivity (Wildman–Crippen MR) is 78.6 cm³/mol. The lowest BCUT2D eigenvalue weighted by Crippen LogP contribution is -2.35. The molecule has 0 bridgehead atoms. The number of rotatable bonds is 9. The van der Waals surface area contributed by atoms with Gasteiger partial charge in [0.1, 0.15) is 0 Å². The van der Waals surface area contributed by atoms with E-state index in [4.69, 9.17) is 0 Å². The molecule has 0 aromatic heterocycles. The van der Waals surface area contributed by atoms with E-state index in [1.807, 2.05) is 0 Å². The number of nitrogens with one attached hydrogen (secondary N) is 1. The van der Waals surface area contributed by atoms with Gasteiger partial charge in [0.2, 0.25) is 5.91 Å². The van der Waals surface area contributed by atoms with Gasteiger partial charge in [-0.1, -0.05) is 34.3 Å². The third kappa shape index (κ3) is 7.49. The van der Waals surface area contributed by atoms with Crippen molar-refractivity contribution in [1.29, 1.82) is 0 Å². The minimum atomic E-state index is -0.0310. The molecular weight excluding hydrogens is 224 g/mol. The zero-order valence-corrected chi connectivity index (χ0v) is 12.8. The van der Waals surface area contributed by atoms with Crippen LogP contribution in [0.4, 0.5) is 0 Å². The topological polar surface area (TPSA) is 32.3 Å². The molecule has 0 aliphatic heterocycles. The standard InChI is InChI=1S/C15H30N2O/c1-7-17(8-2)12-15(5,6)10-9-11-16-14(18)13(3)4/h3,7-12H2,1-2,4-6H3,(H,16,18). The van der Waals surface area contributed by atoms with E-state index in [0.29, 0.717) is 11.0 Å². The van der Waals surface area contributed by atoms with Crippen molar-refractivity contribution in [3.8, 4) is 0 Å². The quantitative estimate of drug-likeness (QED) is 0.507. The first-order valence-corrected chi connectivity index (χ1v) is 6.98. The van der Waals surface area contributed by atoms with Gasteiger partial charge in [0.15, 0.2) is 0 Å². The number of hydrogen-bond donors (Lipinski definition) is 1. The number of amides is 1. The normalized spacial score (nSPS) is 11.7. The van der Waals surface area contributed by atoms with Gasteiger partial charge in [-0.25, -0.2) is 0 Å². The maximum absolute atomic E-state index is 11.3. The Kier molecular flexibility index (Phi) is 7.92. The van der Waals surface area contributed by atoms with Crippen LogP contribution >= 0.6 is 0 Å². The van der Waals surface area contributed by atoms with Crippen molar-refractivity contribution in [1.82, 2.24) is 10.2 Å². The molecule has 0 radical (unpaired) electrons. The summed E-state index contributed by atoms with van der Waals surface area (Å²) in [7, 11) is 0. The average Bonchev–Trinajstić information content (AvgIpc) is 2.31. The van der Waals surface area contributed by atoms with Crippen LogP contribution in [0.15, 0.2) is 12.2 Å². The second kappa shape index (κ2) is 8.30. The van der Waals surface area contributed by atoms with E-state index in [-0.39, 0.29) is 5.91 Å². The van der Waals surface area contributed by atoms with E-state index < -0.39 is 0 Å². The van der Waals surface area contributed by atoms with Crippen LogP contribution in [0.5, 0.6) is 0 Å². The number of carbonyl (C=O) groups excluding carboxylic acids is 1. The lowest BCUT2D eigenvalue weighted by molar-refractivity contribution is -0.117. The molecule has 0 rings (SSSR count). The number of carbonyl (C=O) groups is 1. The highest BCUT2D eigenvalue weighted by Crippen LogP contribution is 2.23. The summed E-state index contributed by atoms with van der Waals surface area (Å²) in [5.74, 6) is -0.0310. The summed E-state index contributed by atoms with van der Waals surface area (Å²) in [5, 5.41) is 2.88. The Bertz CT molecular complexity index is 268. The van der Waals surface area contributed by atoms with Crippen molar-refractivity contribution in [3.63, 3.8) is 0 Å². The van der Waals surface area contributed by atoms with Crippen molar-refractivity contribution in [2.24, 2.45) is 5.41 Å². The van der Waals surface area contributed by atoms with Crippen molar-refractivity contribution in [3.05, 3.63) is 12.2 Å². The van der Waals surface area contributed by atoms with E-state index in [9.17, 15) is 4.79 Å². The summed E-state index contributed by atoms with van der Waals surface area (Å²) in [4.78, 5) is 13.8. The fourth-order valence-electron chi connectivity index (χ4n) is 2.05. The fraction of sp³-hybridized carbons (Fsp3) is 0.800. The zero-order chi connectivity index (χ0) is 14.2. The molecule has 1 N–H and O–H groups in total. The molecule has 0 aromatic carbocycles. The van der Waals surface area contributed by atoms with Gasteiger partial charge in [-0.15, -0.1) is 0 Å². The van der Waals surface area contributed by atoms with E-state index in [1.165, 1.54) is 0 Å². The van der Waals surface area contributed by atoms with E-state index in [0.717, 1.165) is 39.0 Å². The maximum Gasteiger partial charge on any atom is 0.246 e. The van der Waals surface area contributed by atoms with Crippen LogP contribution in [0.2, 0.25) is 0 Å². The molecule has 1 amide bonds. The molecule has 0 aromatic rings. The Hall–Kier alpha value is -0.830. The molecule has 18 heavy (non-hydrogen) atoms. The molecule has 0 spiro atoms. The summed E-state index contributed by atoms with van der Waals surface area (Å²) in [6.45, 7) is 18.4. The van der Waals surface area contributed by atoms with Gasteiger partial charge in [-0.2, -0.15) is 0 Å². The van der Waals surface area contributed by atoms with Crippen LogP contribution in [0.3, 0.4) is 0 Å². The van der Waals surface area contributed by atoms with Crippen molar-refractivity contribution >= 4 is 5.91 Å². The summed E-state index contributed by atoms with van der Waals surface area (Å²) in [6.07, 6.45) is 2.15. The van der Waals surface area contributed by atoms with Gasteiger partial charge in [0.05, 0.1) is 0 Å². The summed E-state index contributed by atoms with van der Waals surface area (Å²) in [6, 6.07) is 0. The third-order valence-electron chi connectivity index (χ3n) is 3.25. The van der Waals surface area contributed by atoms with Crippen LogP contribution < -0.4 is 5.32 Å². The monoisotopic (exact) mass is 254 g/mol. The Balaban J connectivity index is 3.89. The number of hydrogen-bond acceptors (Lipinski definition) is 2. The Morgan fingerprint density at radius 2 is 1.83 bits per heavy atom. The molecule has 3 nitrogen and oxygen atoms in total. The molecule has 0 heterocycles. The Morgan fingerprint density at radius 1 is 1.28 bits per heavy atom. The second-order valence-corrected chi connectivity index (χ2v) is 5.77. The van der Waals surface area contributed by atoms with E-state index >= 15 is 0 Å². The van der Waals surface area contributed by atoms with Crippen molar-refractivity contribution in [2.75, 3.05) is 26.2 Å². The van der Waals surface area contributed by atoms with Crippen molar-refractivity contribution < 1.29 is 4.79 Å². The second-order valence-electron chi connectivity index (χ2n) is 5.77. The van der Waals surface area contributed by atoms with Gasteiger partial charge in [0.25, 0.3) is 0 Å². The first-order chi connectivity index (χ1) is 8.32. The number of nitrogens with zero attached hydrogens (tertiary/aromatic N) is 1. The zero-order valence-electron chi connectivity index (χ0n) is 12.8. The molecule has 0 unspecified atom stereocenters. The molecule has 0 fully saturated rings. The first kappa shape index (κ1) is 17.2. The summed E-state index contributed by atoms with van der Waals surface area (Å²) < 4.78 is 0. The van der Waals surface area contributed by atoms with E-state index in [1.54, 1.807) is 6.92 Å². The summed E-state index contributed by atoms with van der Waals surface area (Å²) >= 11 is 0. The minimum absolute atomic E-state index is 0.0310. The molecule has 0 aliphatic carbocycles. The highest BCUT2D eigenvalue weighted by molar-refractivity contribution is 5.91. The molecule has 0 atom stereocenters. The van der Waals surface area contributed by atoms with Gasteiger partial charge in [0, 0.05) is 18.7 Å². The smallest absolute Gasteiger partial charge is 0.246 e. The first-order valence-electron chi connectivity index (χ1n) is 6.98. The van der Waals surface area contributed by atoms with Crippen LogP contribution in [-0.2, 0) is 4.79 Å². The maximum atomic E-state index is 11.3. The minimum Gasteiger partial charge on any atom is -0.352 e. The van der Waals surface area contributed by atoms with Gasteiger partial charge in [-0.3, -0.25) is 4.79 Å². The Labute approximate surface area is 113 Å². The fourth-order valence-corrected chi connectivity index (χ4v) is 2.05. The lowest BCUT2D eigenvalue weighted by Gasteiger charge is -2.31. The van der Waals surface area contributed by atoms with Gasteiger partial charge < -0.3 is 10.2 Å². The van der Waals surface area contributed by atoms with E-state index in [2.05, 4.69) is 44.5 Å². The Morgan fingerprint density at radius 3 is 2.28 bits per heavy atom. The molecule has 3 heteroatoms. The largest absolute Gasteiger partial charge is 0.352 e. The molecule has 0 aliphatic rings. The average molecular weight is 254 g/mol. The SMILES string of the molecule is C=C(C)C(=O)NCCCC(C)(C)CN(CC)CC. The summed E-state index contributed by atoms with van der Waals surface area (Å²) in [5.41, 5.74) is 0.886.